The van der Waals surface area contributed by atoms with Crippen LogP contribution in [-0.4, -0.2) is 24.8 Å². The quantitative estimate of drug-likeness (QED) is 0.148. The van der Waals surface area contributed by atoms with Crippen molar-refractivity contribution in [3.8, 4) is 6.42 Å². The van der Waals surface area contributed by atoms with Crippen molar-refractivity contribution in [3.05, 3.63) is 18.1 Å². The van der Waals surface area contributed by atoms with Gasteiger partial charge < -0.3 is 12.8 Å². The fraction of sp³-hybridized carbons (Fsp3) is 0.737. The van der Waals surface area contributed by atoms with Gasteiger partial charge in [0.25, 0.3) is 0 Å². The maximum Gasteiger partial charge on any atom is 2.00 e. The second-order valence-electron chi connectivity index (χ2n) is 5.76. The van der Waals surface area contributed by atoms with Crippen LogP contribution in [0.4, 0.5) is 0 Å². The van der Waals surface area contributed by atoms with Gasteiger partial charge >= 0.3 is 151 Å². The van der Waals surface area contributed by atoms with Gasteiger partial charge in [0.2, 0.25) is 0 Å². The summed E-state index contributed by atoms with van der Waals surface area (Å²) in [5.74, 6) is -0.0911. The van der Waals surface area contributed by atoms with Crippen LogP contribution >= 0.6 is 0 Å². The molecule has 0 amide bonds. The number of hydrogen-bond acceptors (Lipinski definition) is 2. The van der Waals surface area contributed by atoms with Crippen molar-refractivity contribution >= 4 is 24.8 Å². The van der Waals surface area contributed by atoms with E-state index in [0.29, 0.717) is 5.57 Å². The Balaban J connectivity index is -0.00000128. The van der Waals surface area contributed by atoms with E-state index in [9.17, 15) is 4.79 Å². The van der Waals surface area contributed by atoms with Crippen molar-refractivity contribution in [2.24, 2.45) is 0 Å². The fourth-order valence-electron chi connectivity index (χ4n) is 2.40. The SMILES string of the molecule is C[C-]=C(C)C(=O)[O][Sn]([CH2]CCC)([CH2]CCC)[CH2]CCC.[C-]#C.[Pd+2]. The van der Waals surface area contributed by atoms with E-state index in [1.165, 1.54) is 51.8 Å². The normalized spacial score (nSPS) is 11.0. The van der Waals surface area contributed by atoms with Crippen molar-refractivity contribution in [1.82, 2.24) is 0 Å². The third-order valence-electron chi connectivity index (χ3n) is 3.95. The predicted molar refractivity (Wildman–Crippen MR) is 97.3 cm³/mol. The summed E-state index contributed by atoms with van der Waals surface area (Å²) in [6, 6.07) is 0. The van der Waals surface area contributed by atoms with Crippen LogP contribution in [0.5, 0.6) is 0 Å². The summed E-state index contributed by atoms with van der Waals surface area (Å²) < 4.78 is 9.78. The second-order valence-corrected chi connectivity index (χ2v) is 17.4. The van der Waals surface area contributed by atoms with Gasteiger partial charge in [0.1, 0.15) is 0 Å². The molecule has 23 heavy (non-hydrogen) atoms. The monoisotopic (exact) mass is 520 g/mol. The van der Waals surface area contributed by atoms with Crippen LogP contribution in [0.25, 0.3) is 0 Å². The van der Waals surface area contributed by atoms with E-state index in [4.69, 9.17) is 9.50 Å². The molecule has 0 spiro atoms. The van der Waals surface area contributed by atoms with Gasteiger partial charge in [0, 0.05) is 0 Å². The molecular formula is C19H34O2PdSn. The molecule has 2 nitrogen and oxygen atoms in total. The van der Waals surface area contributed by atoms with Crippen LogP contribution in [0, 0.1) is 18.9 Å². The first-order valence-corrected chi connectivity index (χ1v) is 15.8. The number of unbranched alkanes of at least 4 members (excludes halogenated alkanes) is 3. The minimum atomic E-state index is -2.76. The van der Waals surface area contributed by atoms with Crippen molar-refractivity contribution in [3.63, 3.8) is 0 Å². The number of carbonyl (C=O) groups is 1. The summed E-state index contributed by atoms with van der Waals surface area (Å²) in [7, 11) is 0. The molecule has 0 atom stereocenters. The molecule has 0 aliphatic heterocycles. The predicted octanol–water partition coefficient (Wildman–Crippen LogP) is 5.85. The van der Waals surface area contributed by atoms with Crippen molar-refractivity contribution in [1.29, 1.82) is 0 Å². The summed E-state index contributed by atoms with van der Waals surface area (Å²) in [6.45, 7) is 10.3. The Hall–Kier alpha value is 0.231. The molecule has 0 rings (SSSR count). The first-order valence-electron chi connectivity index (χ1n) is 8.58. The molecule has 0 unspecified atom stereocenters. The minimum absolute atomic E-state index is 0. The molecule has 0 aromatic rings. The molecule has 136 valence electrons. The number of rotatable bonds is 11. The first kappa shape index (κ1) is 28.1. The molecule has 4 heteroatoms. The van der Waals surface area contributed by atoms with Gasteiger partial charge in [-0.1, -0.05) is 0 Å². The van der Waals surface area contributed by atoms with E-state index in [2.05, 4.69) is 33.3 Å². The molecule has 0 heterocycles. The summed E-state index contributed by atoms with van der Waals surface area (Å²) >= 11 is -2.76. The summed E-state index contributed by atoms with van der Waals surface area (Å²) in [6.07, 6.45) is 19.2. The van der Waals surface area contributed by atoms with Gasteiger partial charge in [-0.2, -0.15) is 0 Å². The van der Waals surface area contributed by atoms with Gasteiger partial charge in [-0.05, 0) is 0 Å². The minimum Gasteiger partial charge on any atom is -0.697 e. The van der Waals surface area contributed by atoms with Crippen LogP contribution < -0.4 is 0 Å². The molecule has 0 bridgehead atoms. The molecule has 0 N–H and O–H groups in total. The molecule has 0 fully saturated rings. The van der Waals surface area contributed by atoms with Crippen LogP contribution in [0.2, 0.25) is 13.3 Å². The molecule has 0 radical (unpaired) electrons. The van der Waals surface area contributed by atoms with E-state index in [-0.39, 0.29) is 26.4 Å². The third kappa shape index (κ3) is 13.2. The standard InChI is InChI=1S/C5H7O2.3C4H9.C2H.Pd.Sn/c1-3-4(2)5(6)7;3*1-3-4-2;1-2;;/h1-2H3,(H,6,7);3*1,3-4H2,2H3;1H;;/q-1;;;;-1;+2;+1/p-1. The average molecular weight is 520 g/mol. The molecule has 0 aromatic heterocycles. The Bertz CT molecular complexity index is 316. The van der Waals surface area contributed by atoms with E-state index in [1.807, 2.05) is 6.92 Å². The molecule has 0 aliphatic rings. The number of terminal acetylenes is 1. The van der Waals surface area contributed by atoms with E-state index >= 15 is 0 Å². The van der Waals surface area contributed by atoms with Gasteiger partial charge in [0.05, 0.1) is 0 Å². The second kappa shape index (κ2) is 18.6. The van der Waals surface area contributed by atoms with Gasteiger partial charge in [-0.3, -0.25) is 0 Å². The summed E-state index contributed by atoms with van der Waals surface area (Å²) in [5, 5.41) is 0. The largest absolute Gasteiger partial charge is 2.00 e. The van der Waals surface area contributed by atoms with Crippen LogP contribution in [0.3, 0.4) is 0 Å². The zero-order valence-corrected chi connectivity index (χ0v) is 20.0. The van der Waals surface area contributed by atoms with E-state index in [0.717, 1.165) is 0 Å². The van der Waals surface area contributed by atoms with E-state index in [1.54, 1.807) is 6.92 Å². The Morgan fingerprint density at radius 2 is 1.35 bits per heavy atom. The Morgan fingerprint density at radius 1 is 1.00 bits per heavy atom. The van der Waals surface area contributed by atoms with Crippen molar-refractivity contribution in [2.75, 3.05) is 0 Å². The molecule has 0 aromatic carbocycles. The maximum atomic E-state index is 12.2. The van der Waals surface area contributed by atoms with Crippen LogP contribution in [0.1, 0.15) is 73.1 Å². The van der Waals surface area contributed by atoms with Crippen LogP contribution in [0.15, 0.2) is 5.57 Å². The van der Waals surface area contributed by atoms with Gasteiger partial charge in [-0.25, -0.2) is 0 Å². The number of carbonyl (C=O) groups excluding carboxylic acids is 1. The summed E-state index contributed by atoms with van der Waals surface area (Å²) in [4.78, 5) is 12.2. The molecule has 0 saturated heterocycles. The molecule has 0 aliphatic carbocycles. The van der Waals surface area contributed by atoms with Crippen molar-refractivity contribution < 1.29 is 28.3 Å². The zero-order chi connectivity index (χ0) is 17.4. The molecular weight excluding hydrogens is 485 g/mol. The van der Waals surface area contributed by atoms with E-state index < -0.39 is 18.8 Å². The topological polar surface area (TPSA) is 26.3 Å². The van der Waals surface area contributed by atoms with Gasteiger partial charge in [-0.15, -0.1) is 0 Å². The molecule has 0 saturated carbocycles. The zero-order valence-electron chi connectivity index (χ0n) is 15.6. The average Bonchev–Trinajstić information content (AvgIpc) is 2.56. The Labute approximate surface area is 163 Å². The smallest absolute Gasteiger partial charge is 0.697 e. The fourth-order valence-corrected chi connectivity index (χ4v) is 15.5. The number of hydrogen-bond donors (Lipinski definition) is 0. The van der Waals surface area contributed by atoms with Crippen molar-refractivity contribution in [2.45, 2.75) is 86.5 Å². The van der Waals surface area contributed by atoms with Gasteiger partial charge in [0.15, 0.2) is 0 Å². The number of allylic oxidation sites excluding steroid dienone is 1. The third-order valence-corrected chi connectivity index (χ3v) is 16.5. The Kier molecular flexibility index (Phi) is 22.6. The Morgan fingerprint density at radius 3 is 1.61 bits per heavy atom. The van der Waals surface area contributed by atoms with Crippen LogP contribution in [-0.2, 0) is 28.3 Å². The first-order chi connectivity index (χ1) is 10.5. The summed E-state index contributed by atoms with van der Waals surface area (Å²) in [5.41, 5.74) is 0.649. The maximum absolute atomic E-state index is 12.2.